The molecule has 9 heteroatoms. The molecule has 0 saturated carbocycles. The van der Waals surface area contributed by atoms with Crippen LogP contribution in [0.3, 0.4) is 0 Å². The predicted octanol–water partition coefficient (Wildman–Crippen LogP) is 2.12. The topological polar surface area (TPSA) is 115 Å². The first kappa shape index (κ1) is 14.7. The highest BCUT2D eigenvalue weighted by Gasteiger charge is 2.25. The number of nitrogens with one attached hydrogen (secondary N) is 1. The number of nitrogens with two attached hydrogens (primary N) is 1. The van der Waals surface area contributed by atoms with Crippen LogP contribution >= 0.6 is 0 Å². The molecule has 0 aliphatic carbocycles. The summed E-state index contributed by atoms with van der Waals surface area (Å²) < 4.78 is 40.3. The molecule has 0 heterocycles. The number of rotatable bonds is 4. The maximum absolute atomic E-state index is 13.9. The third-order valence-corrected chi connectivity index (χ3v) is 4.04. The SMILES string of the molecule is Nc1cc([N+](=O)[O-])cc(F)c1S(=O)(=O)Nc1ccccc1. The van der Waals surface area contributed by atoms with Crippen LogP contribution in [0.5, 0.6) is 0 Å². The molecule has 2 aromatic carbocycles. The summed E-state index contributed by atoms with van der Waals surface area (Å²) in [6.07, 6.45) is 0. The van der Waals surface area contributed by atoms with E-state index in [0.29, 0.717) is 6.07 Å². The van der Waals surface area contributed by atoms with Gasteiger partial charge in [0.2, 0.25) is 0 Å². The monoisotopic (exact) mass is 311 g/mol. The average Bonchev–Trinajstić information content (AvgIpc) is 2.37. The third kappa shape index (κ3) is 3.08. The van der Waals surface area contributed by atoms with Gasteiger partial charge in [-0.1, -0.05) is 18.2 Å². The molecule has 0 aliphatic heterocycles. The quantitative estimate of drug-likeness (QED) is 0.510. The van der Waals surface area contributed by atoms with Crippen LogP contribution in [0.2, 0.25) is 0 Å². The molecule has 0 spiro atoms. The van der Waals surface area contributed by atoms with E-state index in [0.717, 1.165) is 6.07 Å². The lowest BCUT2D eigenvalue weighted by Gasteiger charge is -2.10. The summed E-state index contributed by atoms with van der Waals surface area (Å²) in [5.74, 6) is -1.29. The number of non-ortho nitro benzene ring substituents is 1. The molecule has 0 bridgehead atoms. The summed E-state index contributed by atoms with van der Waals surface area (Å²) in [6, 6.07) is 9.10. The molecule has 0 radical (unpaired) electrons. The number of hydrogen-bond donors (Lipinski definition) is 2. The van der Waals surface area contributed by atoms with Gasteiger partial charge in [0.25, 0.3) is 15.7 Å². The number of para-hydroxylation sites is 1. The summed E-state index contributed by atoms with van der Waals surface area (Å²) in [4.78, 5) is 8.89. The maximum atomic E-state index is 13.9. The van der Waals surface area contributed by atoms with E-state index < -0.39 is 37.0 Å². The number of halogens is 1. The molecule has 0 aromatic heterocycles. The van der Waals surface area contributed by atoms with Gasteiger partial charge in [-0.15, -0.1) is 0 Å². The number of anilines is 2. The van der Waals surface area contributed by atoms with Crippen molar-refractivity contribution in [3.63, 3.8) is 0 Å². The average molecular weight is 311 g/mol. The fraction of sp³-hybridized carbons (Fsp3) is 0. The molecular weight excluding hydrogens is 301 g/mol. The Hall–Kier alpha value is -2.68. The molecule has 110 valence electrons. The lowest BCUT2D eigenvalue weighted by Crippen LogP contribution is -2.16. The predicted molar refractivity (Wildman–Crippen MR) is 74.7 cm³/mol. The molecule has 21 heavy (non-hydrogen) atoms. The van der Waals surface area contributed by atoms with Gasteiger partial charge >= 0.3 is 0 Å². The van der Waals surface area contributed by atoms with Crippen LogP contribution in [0.15, 0.2) is 47.4 Å². The Bertz CT molecular complexity index is 770. The van der Waals surface area contributed by atoms with Crippen molar-refractivity contribution in [3.8, 4) is 0 Å². The molecule has 0 atom stereocenters. The molecule has 3 N–H and O–H groups in total. The molecule has 0 saturated heterocycles. The smallest absolute Gasteiger partial charge is 0.274 e. The Kier molecular flexibility index (Phi) is 3.76. The van der Waals surface area contributed by atoms with Gasteiger partial charge in [0, 0.05) is 11.8 Å². The lowest BCUT2D eigenvalue weighted by molar-refractivity contribution is -0.385. The van der Waals surface area contributed by atoms with Crippen molar-refractivity contribution in [2.75, 3.05) is 10.5 Å². The molecule has 7 nitrogen and oxygen atoms in total. The van der Waals surface area contributed by atoms with Gasteiger partial charge in [0.15, 0.2) is 5.82 Å². The van der Waals surface area contributed by atoms with Crippen LogP contribution < -0.4 is 10.5 Å². The second-order valence-corrected chi connectivity index (χ2v) is 5.69. The second kappa shape index (κ2) is 5.37. The normalized spacial score (nSPS) is 11.1. The number of nitrogen functional groups attached to an aromatic ring is 1. The number of nitrogens with zero attached hydrogens (tertiary/aromatic N) is 1. The number of sulfonamides is 1. The highest BCUT2D eigenvalue weighted by molar-refractivity contribution is 7.92. The minimum atomic E-state index is -4.29. The number of hydrogen-bond acceptors (Lipinski definition) is 5. The zero-order chi connectivity index (χ0) is 15.6. The first-order valence-corrected chi connectivity index (χ1v) is 7.11. The van der Waals surface area contributed by atoms with Gasteiger partial charge in [-0.3, -0.25) is 14.8 Å². The van der Waals surface area contributed by atoms with Gasteiger partial charge in [-0.25, -0.2) is 12.8 Å². The minimum Gasteiger partial charge on any atom is -0.397 e. The van der Waals surface area contributed by atoms with Crippen LogP contribution in [0.4, 0.5) is 21.5 Å². The number of nitro benzene ring substituents is 1. The summed E-state index contributed by atoms with van der Waals surface area (Å²) in [5.41, 5.74) is 4.49. The van der Waals surface area contributed by atoms with Crippen molar-refractivity contribution in [1.29, 1.82) is 0 Å². The van der Waals surface area contributed by atoms with Crippen LogP contribution in [0.1, 0.15) is 0 Å². The van der Waals surface area contributed by atoms with E-state index in [9.17, 15) is 22.9 Å². The number of nitro groups is 1. The fourth-order valence-corrected chi connectivity index (χ4v) is 2.93. The maximum Gasteiger partial charge on any atom is 0.274 e. The third-order valence-electron chi connectivity index (χ3n) is 2.56. The van der Waals surface area contributed by atoms with E-state index in [4.69, 9.17) is 5.73 Å². The Balaban J connectivity index is 2.48. The van der Waals surface area contributed by atoms with Crippen LogP contribution in [-0.2, 0) is 10.0 Å². The van der Waals surface area contributed by atoms with Gasteiger partial charge < -0.3 is 5.73 Å². The molecular formula is C12H10FN3O4S. The van der Waals surface area contributed by atoms with Crippen LogP contribution in [0, 0.1) is 15.9 Å². The molecule has 0 aliphatic rings. The Labute approximate surface area is 119 Å². The van der Waals surface area contributed by atoms with Gasteiger partial charge in [-0.2, -0.15) is 0 Å². The minimum absolute atomic E-state index is 0.217. The molecule has 2 aromatic rings. The van der Waals surface area contributed by atoms with E-state index in [1.165, 1.54) is 12.1 Å². The zero-order valence-electron chi connectivity index (χ0n) is 10.5. The number of benzene rings is 2. The summed E-state index contributed by atoms with van der Waals surface area (Å²) in [7, 11) is -4.29. The van der Waals surface area contributed by atoms with Crippen molar-refractivity contribution < 1.29 is 17.7 Å². The fourth-order valence-electron chi connectivity index (χ4n) is 1.70. The van der Waals surface area contributed by atoms with Crippen LogP contribution in [0.25, 0.3) is 0 Å². The van der Waals surface area contributed by atoms with Gasteiger partial charge in [0.1, 0.15) is 4.90 Å². The molecule has 2 rings (SSSR count). The van der Waals surface area contributed by atoms with Gasteiger partial charge in [-0.05, 0) is 12.1 Å². The van der Waals surface area contributed by atoms with E-state index in [-0.39, 0.29) is 5.69 Å². The van der Waals surface area contributed by atoms with E-state index in [2.05, 4.69) is 4.72 Å². The summed E-state index contributed by atoms with van der Waals surface area (Å²) in [5, 5.41) is 10.6. The summed E-state index contributed by atoms with van der Waals surface area (Å²) in [6.45, 7) is 0. The second-order valence-electron chi connectivity index (χ2n) is 4.07. The highest BCUT2D eigenvalue weighted by Crippen LogP contribution is 2.28. The molecule has 0 amide bonds. The van der Waals surface area contributed by atoms with E-state index >= 15 is 0 Å². The lowest BCUT2D eigenvalue weighted by atomic mass is 10.3. The van der Waals surface area contributed by atoms with Crippen molar-refractivity contribution in [3.05, 3.63) is 58.4 Å². The first-order chi connectivity index (χ1) is 9.81. The van der Waals surface area contributed by atoms with Crippen molar-refractivity contribution in [2.45, 2.75) is 4.90 Å². The standard InChI is InChI=1S/C12H10FN3O4S/c13-10-6-9(16(17)18)7-11(14)12(10)21(19,20)15-8-4-2-1-3-5-8/h1-7,15H,14H2. The van der Waals surface area contributed by atoms with Crippen molar-refractivity contribution >= 4 is 27.1 Å². The highest BCUT2D eigenvalue weighted by atomic mass is 32.2. The van der Waals surface area contributed by atoms with E-state index in [1.807, 2.05) is 0 Å². The van der Waals surface area contributed by atoms with Crippen molar-refractivity contribution in [1.82, 2.24) is 0 Å². The largest absolute Gasteiger partial charge is 0.397 e. The van der Waals surface area contributed by atoms with Crippen molar-refractivity contribution in [2.24, 2.45) is 0 Å². The van der Waals surface area contributed by atoms with Gasteiger partial charge in [0.05, 0.1) is 16.7 Å². The molecule has 0 unspecified atom stereocenters. The Morgan fingerprint density at radius 3 is 2.33 bits per heavy atom. The van der Waals surface area contributed by atoms with Crippen LogP contribution in [-0.4, -0.2) is 13.3 Å². The zero-order valence-corrected chi connectivity index (χ0v) is 11.3. The molecule has 0 fully saturated rings. The summed E-state index contributed by atoms with van der Waals surface area (Å²) >= 11 is 0. The Morgan fingerprint density at radius 1 is 1.19 bits per heavy atom. The first-order valence-electron chi connectivity index (χ1n) is 5.62. The van der Waals surface area contributed by atoms with E-state index in [1.54, 1.807) is 18.2 Å². The Morgan fingerprint density at radius 2 is 1.81 bits per heavy atom.